The Bertz CT molecular complexity index is 1160. The number of benzene rings is 1. The molecule has 2 N–H and O–H groups in total. The summed E-state index contributed by atoms with van der Waals surface area (Å²) in [4.78, 5) is 12.8. The fraction of sp³-hybridized carbons (Fsp3) is 0.583. The number of rotatable bonds is 8. The molecule has 1 heterocycles. The van der Waals surface area contributed by atoms with Crippen LogP contribution in [0, 0.1) is 11.8 Å². The number of ether oxygens (including phenoxy) is 1. The van der Waals surface area contributed by atoms with Gasteiger partial charge in [0.2, 0.25) is 0 Å². The summed E-state index contributed by atoms with van der Waals surface area (Å²) in [6.07, 6.45) is -8.66. The van der Waals surface area contributed by atoms with Crippen LogP contribution in [-0.4, -0.2) is 46.3 Å². The van der Waals surface area contributed by atoms with Crippen LogP contribution in [0.1, 0.15) is 55.6 Å². The molecule has 0 spiro atoms. The Hall–Kier alpha value is -2.61. The maximum atomic E-state index is 13.4. The number of nitrogens with one attached hydrogen (secondary N) is 1. The highest BCUT2D eigenvalue weighted by atomic mass is 35.5. The number of halogens is 9. The van der Waals surface area contributed by atoms with Crippen molar-refractivity contribution in [2.45, 2.75) is 70.6 Å². The molecule has 0 aliphatic heterocycles. The van der Waals surface area contributed by atoms with Gasteiger partial charge in [-0.2, -0.15) is 40.2 Å². The molecule has 0 radical (unpaired) electrons. The molecule has 1 aliphatic rings. The molecule has 218 valence electrons. The van der Waals surface area contributed by atoms with Crippen molar-refractivity contribution in [2.75, 3.05) is 6.54 Å². The molecule has 1 amide bonds. The molecule has 2 aromatic rings. The third-order valence-corrected chi connectivity index (χ3v) is 7.15. The van der Waals surface area contributed by atoms with Gasteiger partial charge in [-0.25, -0.2) is 0 Å². The zero-order valence-electron chi connectivity index (χ0n) is 20.8. The molecule has 3 rings (SSSR count). The third-order valence-electron chi connectivity index (χ3n) is 6.79. The van der Waals surface area contributed by atoms with Gasteiger partial charge in [-0.1, -0.05) is 37.4 Å². The lowest BCUT2D eigenvalue weighted by molar-refractivity contribution is -0.376. The van der Waals surface area contributed by atoms with Crippen molar-refractivity contribution in [2.24, 2.45) is 11.8 Å². The maximum Gasteiger partial charge on any atom is 0.430 e. The first-order valence-corrected chi connectivity index (χ1v) is 12.4. The van der Waals surface area contributed by atoms with Crippen LogP contribution in [0.5, 0.6) is 5.75 Å². The van der Waals surface area contributed by atoms with Crippen molar-refractivity contribution in [1.82, 2.24) is 15.1 Å². The third kappa shape index (κ3) is 6.26. The van der Waals surface area contributed by atoms with Gasteiger partial charge >= 0.3 is 19.0 Å². The number of amides is 1. The molecule has 0 saturated heterocycles. The van der Waals surface area contributed by atoms with Crippen LogP contribution in [0.15, 0.2) is 18.2 Å². The average Bonchev–Trinajstić information content (AvgIpc) is 3.17. The van der Waals surface area contributed by atoms with Crippen LogP contribution >= 0.6 is 11.6 Å². The standard InChI is InChI=1S/C24H26ClF8N3O3/c1-3-36-19(17(25)18(35-36)20(37)34-11-13-6-4-12(2)5-7-13)15-9-8-14(10-16(15)39-21(26)27)22(38,23(28,29)30)24(31,32)33/h8-10,12-13,21,38H,3-7,11H2,1-2H3,(H,34,37). The normalized spacial score (nSPS) is 18.9. The molecule has 6 nitrogen and oxygen atoms in total. The summed E-state index contributed by atoms with van der Waals surface area (Å²) >= 11 is 6.37. The monoisotopic (exact) mass is 591 g/mol. The smallest absolute Gasteiger partial charge is 0.430 e. The summed E-state index contributed by atoms with van der Waals surface area (Å²) in [7, 11) is 0. The number of nitrogens with zero attached hydrogens (tertiary/aromatic N) is 2. The first-order chi connectivity index (χ1) is 18.0. The second-order valence-electron chi connectivity index (χ2n) is 9.46. The number of aliphatic hydroxyl groups is 1. The van der Waals surface area contributed by atoms with E-state index in [0.29, 0.717) is 18.5 Å². The quantitative estimate of drug-likeness (QED) is 0.335. The van der Waals surface area contributed by atoms with E-state index < -0.39 is 47.3 Å². The van der Waals surface area contributed by atoms with Crippen LogP contribution in [0.3, 0.4) is 0 Å². The minimum absolute atomic E-state index is 0.00619. The van der Waals surface area contributed by atoms with Crippen LogP contribution in [0.25, 0.3) is 11.3 Å². The number of carbonyl (C=O) groups is 1. The molecule has 1 aromatic heterocycles. The molecular formula is C24H26ClF8N3O3. The Morgan fingerprint density at radius 2 is 1.74 bits per heavy atom. The van der Waals surface area contributed by atoms with Gasteiger partial charge in [0.15, 0.2) is 5.69 Å². The number of carbonyl (C=O) groups excluding carboxylic acids is 1. The van der Waals surface area contributed by atoms with Crippen LogP contribution in [0.2, 0.25) is 5.02 Å². The van der Waals surface area contributed by atoms with Crippen molar-refractivity contribution in [3.05, 3.63) is 34.5 Å². The number of aryl methyl sites for hydroxylation is 1. The van der Waals surface area contributed by atoms with E-state index in [2.05, 4.69) is 22.1 Å². The Kier molecular flexibility index (Phi) is 9.10. The van der Waals surface area contributed by atoms with Gasteiger partial charge in [0.05, 0.1) is 10.7 Å². The number of hydrogen-bond acceptors (Lipinski definition) is 4. The summed E-state index contributed by atoms with van der Waals surface area (Å²) in [6, 6.07) is 0.882. The topological polar surface area (TPSA) is 76.4 Å². The maximum absolute atomic E-state index is 13.4. The van der Waals surface area contributed by atoms with Gasteiger partial charge in [-0.3, -0.25) is 9.48 Å². The molecule has 1 saturated carbocycles. The largest absolute Gasteiger partial charge is 0.434 e. The fourth-order valence-corrected chi connectivity index (χ4v) is 4.87. The summed E-state index contributed by atoms with van der Waals surface area (Å²) < 4.78 is 112. The number of aromatic nitrogens is 2. The lowest BCUT2D eigenvalue weighted by Crippen LogP contribution is -2.53. The van der Waals surface area contributed by atoms with Crippen molar-refractivity contribution < 1.29 is 49.8 Å². The molecule has 15 heteroatoms. The highest BCUT2D eigenvalue weighted by Gasteiger charge is 2.71. The lowest BCUT2D eigenvalue weighted by atomic mass is 9.83. The van der Waals surface area contributed by atoms with E-state index in [1.165, 1.54) is 6.92 Å². The van der Waals surface area contributed by atoms with Crippen LogP contribution in [-0.2, 0) is 12.1 Å². The molecule has 0 unspecified atom stereocenters. The molecule has 1 aromatic carbocycles. The Morgan fingerprint density at radius 3 is 2.26 bits per heavy atom. The fourth-order valence-electron chi connectivity index (χ4n) is 4.55. The van der Waals surface area contributed by atoms with E-state index in [-0.39, 0.29) is 41.0 Å². The van der Waals surface area contributed by atoms with E-state index in [1.807, 2.05) is 0 Å². The number of hydrogen-bond donors (Lipinski definition) is 2. The summed E-state index contributed by atoms with van der Waals surface area (Å²) in [5, 5.41) is 16.1. The zero-order valence-corrected chi connectivity index (χ0v) is 21.5. The first-order valence-electron chi connectivity index (χ1n) is 12.0. The van der Waals surface area contributed by atoms with Crippen molar-refractivity contribution in [1.29, 1.82) is 0 Å². The zero-order chi connectivity index (χ0) is 29.3. The van der Waals surface area contributed by atoms with E-state index in [1.54, 1.807) is 0 Å². The minimum atomic E-state index is -6.25. The predicted octanol–water partition coefficient (Wildman–Crippen LogP) is 6.69. The summed E-state index contributed by atoms with van der Waals surface area (Å²) in [5.74, 6) is -1.01. The first kappa shape index (κ1) is 30.9. The van der Waals surface area contributed by atoms with Gasteiger partial charge in [-0.05, 0) is 43.7 Å². The SMILES string of the molecule is CCn1nc(C(=O)NCC2CCC(C)CC2)c(Cl)c1-c1ccc(C(O)(C(F)(F)F)C(F)(F)F)cc1OC(F)F. The summed E-state index contributed by atoms with van der Waals surface area (Å²) in [6.45, 7) is 0.331. The van der Waals surface area contributed by atoms with Crippen molar-refractivity contribution in [3.63, 3.8) is 0 Å². The van der Waals surface area contributed by atoms with Crippen LogP contribution < -0.4 is 10.1 Å². The molecular weight excluding hydrogens is 566 g/mol. The average molecular weight is 592 g/mol. The summed E-state index contributed by atoms with van der Waals surface area (Å²) in [5.41, 5.74) is -8.21. The molecule has 39 heavy (non-hydrogen) atoms. The molecule has 0 bridgehead atoms. The van der Waals surface area contributed by atoms with E-state index >= 15 is 0 Å². The highest BCUT2D eigenvalue weighted by Crippen LogP contribution is 2.51. The lowest BCUT2D eigenvalue weighted by Gasteiger charge is -2.33. The Labute approximate surface area is 223 Å². The molecule has 1 aliphatic carbocycles. The van der Waals surface area contributed by atoms with E-state index in [0.717, 1.165) is 30.4 Å². The van der Waals surface area contributed by atoms with Gasteiger partial charge in [0.1, 0.15) is 5.75 Å². The minimum Gasteiger partial charge on any atom is -0.434 e. The van der Waals surface area contributed by atoms with E-state index in [4.69, 9.17) is 11.6 Å². The highest BCUT2D eigenvalue weighted by molar-refractivity contribution is 6.36. The van der Waals surface area contributed by atoms with E-state index in [9.17, 15) is 45.0 Å². The van der Waals surface area contributed by atoms with Crippen molar-refractivity contribution >= 4 is 17.5 Å². The molecule has 0 atom stereocenters. The Balaban J connectivity index is 2.04. The van der Waals surface area contributed by atoms with Crippen molar-refractivity contribution in [3.8, 4) is 17.0 Å². The molecule has 1 fully saturated rings. The second kappa shape index (κ2) is 11.5. The van der Waals surface area contributed by atoms with Gasteiger partial charge in [-0.15, -0.1) is 0 Å². The second-order valence-corrected chi connectivity index (χ2v) is 9.84. The Morgan fingerprint density at radius 1 is 1.15 bits per heavy atom. The van der Waals surface area contributed by atoms with Gasteiger partial charge < -0.3 is 15.2 Å². The number of alkyl halides is 8. The predicted molar refractivity (Wildman–Crippen MR) is 124 cm³/mol. The van der Waals surface area contributed by atoms with Crippen LogP contribution in [0.4, 0.5) is 35.1 Å². The van der Waals surface area contributed by atoms with Gasteiger partial charge in [0, 0.05) is 24.2 Å². The van der Waals surface area contributed by atoms with Gasteiger partial charge in [0.25, 0.3) is 11.5 Å².